The normalized spacial score (nSPS) is 13.2. The third-order valence-corrected chi connectivity index (χ3v) is 8.91. The molecule has 0 atom stereocenters. The van der Waals surface area contributed by atoms with Gasteiger partial charge in [0.25, 0.3) is 0 Å². The zero-order chi connectivity index (χ0) is 29.2. The van der Waals surface area contributed by atoms with Crippen LogP contribution in [0.25, 0.3) is 0 Å². The summed E-state index contributed by atoms with van der Waals surface area (Å²) >= 11 is 0. The van der Waals surface area contributed by atoms with Gasteiger partial charge in [-0.2, -0.15) is 25.9 Å². The molecule has 39 heavy (non-hydrogen) atoms. The van der Waals surface area contributed by atoms with Crippen LogP contribution in [0.2, 0.25) is 0 Å². The fourth-order valence-corrected chi connectivity index (χ4v) is 6.39. The largest absolute Gasteiger partial charge is 0.416 e. The quantitative estimate of drug-likeness (QED) is 0.265. The van der Waals surface area contributed by atoms with Crippen LogP contribution in [-0.2, 0) is 38.3 Å². The average Bonchev–Trinajstić information content (AvgIpc) is 2.82. The van der Waals surface area contributed by atoms with E-state index in [9.17, 15) is 30.0 Å². The maximum atomic E-state index is 13.6. The standard InChI is InChI=1S/C28H32F3NO5S2/c1-20(2)18-32(38(33,34)25-14-12-22(13-15-25)27(3,4)5)19-21-8-6-10-24(16-21)37-39(35,36)26-11-7-9-23(17-26)28(29,30)31/h6-17,20H,18-19H2,1-5H3. The highest BCUT2D eigenvalue weighted by Crippen LogP contribution is 2.31. The Morgan fingerprint density at radius 2 is 1.41 bits per heavy atom. The fraction of sp³-hybridized carbons (Fsp3) is 0.357. The van der Waals surface area contributed by atoms with E-state index in [1.165, 1.54) is 22.5 Å². The van der Waals surface area contributed by atoms with Crippen molar-refractivity contribution in [2.75, 3.05) is 6.54 Å². The van der Waals surface area contributed by atoms with Crippen LogP contribution >= 0.6 is 0 Å². The second-order valence-electron chi connectivity index (χ2n) is 10.7. The first-order valence-electron chi connectivity index (χ1n) is 12.2. The molecule has 11 heteroatoms. The fourth-order valence-electron chi connectivity index (χ4n) is 3.83. The van der Waals surface area contributed by atoms with Crippen molar-refractivity contribution in [3.63, 3.8) is 0 Å². The van der Waals surface area contributed by atoms with Crippen molar-refractivity contribution in [3.05, 3.63) is 89.5 Å². The Bertz CT molecular complexity index is 1510. The molecule has 0 radical (unpaired) electrons. The lowest BCUT2D eigenvalue weighted by Gasteiger charge is -2.25. The first-order chi connectivity index (χ1) is 17.9. The molecule has 3 rings (SSSR count). The predicted molar refractivity (Wildman–Crippen MR) is 143 cm³/mol. The summed E-state index contributed by atoms with van der Waals surface area (Å²) in [6.07, 6.45) is -4.72. The van der Waals surface area contributed by atoms with Crippen molar-refractivity contribution in [1.82, 2.24) is 4.31 Å². The molecular formula is C28H32F3NO5S2. The Labute approximate surface area is 228 Å². The van der Waals surface area contributed by atoms with Crippen molar-refractivity contribution in [3.8, 4) is 5.75 Å². The van der Waals surface area contributed by atoms with Gasteiger partial charge in [-0.15, -0.1) is 0 Å². The van der Waals surface area contributed by atoms with Gasteiger partial charge in [-0.3, -0.25) is 0 Å². The van der Waals surface area contributed by atoms with Crippen molar-refractivity contribution >= 4 is 20.1 Å². The first-order valence-corrected chi connectivity index (χ1v) is 15.1. The summed E-state index contributed by atoms with van der Waals surface area (Å²) < 4.78 is 98.1. The zero-order valence-corrected chi connectivity index (χ0v) is 24.0. The summed E-state index contributed by atoms with van der Waals surface area (Å²) in [6, 6.07) is 15.8. The third-order valence-electron chi connectivity index (χ3n) is 5.84. The van der Waals surface area contributed by atoms with Crippen LogP contribution in [0, 0.1) is 5.92 Å². The van der Waals surface area contributed by atoms with Crippen LogP contribution < -0.4 is 4.18 Å². The molecule has 0 aliphatic rings. The number of hydrogen-bond donors (Lipinski definition) is 0. The van der Waals surface area contributed by atoms with Crippen LogP contribution in [0.1, 0.15) is 51.3 Å². The predicted octanol–water partition coefficient (Wildman–Crippen LogP) is 6.62. The number of rotatable bonds is 9. The highest BCUT2D eigenvalue weighted by Gasteiger charge is 2.32. The summed E-state index contributed by atoms with van der Waals surface area (Å²) in [7, 11) is -8.48. The molecule has 0 N–H and O–H groups in total. The monoisotopic (exact) mass is 583 g/mol. The molecule has 0 amide bonds. The van der Waals surface area contributed by atoms with Crippen molar-refractivity contribution in [2.45, 2.75) is 62.5 Å². The zero-order valence-electron chi connectivity index (χ0n) is 22.4. The van der Waals surface area contributed by atoms with E-state index < -0.39 is 36.8 Å². The molecular weight excluding hydrogens is 551 g/mol. The van der Waals surface area contributed by atoms with Crippen LogP contribution in [0.3, 0.4) is 0 Å². The lowest BCUT2D eigenvalue weighted by Crippen LogP contribution is -2.33. The molecule has 0 heterocycles. The van der Waals surface area contributed by atoms with Crippen LogP contribution in [0.15, 0.2) is 82.6 Å². The minimum absolute atomic E-state index is 0.00524. The van der Waals surface area contributed by atoms with E-state index in [-0.39, 0.29) is 35.1 Å². The van der Waals surface area contributed by atoms with Crippen molar-refractivity contribution < 1.29 is 34.2 Å². The number of hydrogen-bond acceptors (Lipinski definition) is 5. The summed E-state index contributed by atoms with van der Waals surface area (Å²) in [6.45, 7) is 10.00. The van der Waals surface area contributed by atoms with E-state index in [0.29, 0.717) is 11.6 Å². The molecule has 0 saturated carbocycles. The van der Waals surface area contributed by atoms with Gasteiger partial charge in [-0.1, -0.05) is 65.0 Å². The van der Waals surface area contributed by atoms with E-state index in [4.69, 9.17) is 4.18 Å². The second kappa shape index (κ2) is 11.3. The van der Waals surface area contributed by atoms with Gasteiger partial charge >= 0.3 is 16.3 Å². The van der Waals surface area contributed by atoms with Crippen LogP contribution in [0.4, 0.5) is 13.2 Å². The summed E-state index contributed by atoms with van der Waals surface area (Å²) in [5.41, 5.74) is 0.173. The van der Waals surface area contributed by atoms with E-state index in [1.807, 2.05) is 34.6 Å². The minimum Gasteiger partial charge on any atom is -0.379 e. The third kappa shape index (κ3) is 7.83. The van der Waals surface area contributed by atoms with Crippen LogP contribution in [0.5, 0.6) is 5.75 Å². The number of halogens is 3. The van der Waals surface area contributed by atoms with Gasteiger partial charge in [0.1, 0.15) is 10.6 Å². The van der Waals surface area contributed by atoms with Gasteiger partial charge in [-0.05, 0) is 64.9 Å². The highest BCUT2D eigenvalue weighted by molar-refractivity contribution is 7.89. The molecule has 0 aliphatic heterocycles. The molecule has 0 saturated heterocycles. The Kier molecular flexibility index (Phi) is 8.88. The van der Waals surface area contributed by atoms with Gasteiger partial charge in [0.2, 0.25) is 10.0 Å². The van der Waals surface area contributed by atoms with Gasteiger partial charge in [-0.25, -0.2) is 8.42 Å². The number of sulfonamides is 1. The topological polar surface area (TPSA) is 80.8 Å². The molecule has 0 spiro atoms. The van der Waals surface area contributed by atoms with Gasteiger partial charge in [0.15, 0.2) is 0 Å². The summed E-state index contributed by atoms with van der Waals surface area (Å²) in [5.74, 6) is -0.157. The Morgan fingerprint density at radius 3 is 1.97 bits per heavy atom. The van der Waals surface area contributed by atoms with Crippen LogP contribution in [-0.4, -0.2) is 27.7 Å². The summed E-state index contributed by atoms with van der Waals surface area (Å²) in [5, 5.41) is 0. The first kappa shape index (κ1) is 30.6. The van der Waals surface area contributed by atoms with Crippen molar-refractivity contribution in [1.29, 1.82) is 0 Å². The molecule has 0 unspecified atom stereocenters. The Morgan fingerprint density at radius 1 is 0.795 bits per heavy atom. The lowest BCUT2D eigenvalue weighted by molar-refractivity contribution is -0.137. The van der Waals surface area contributed by atoms with E-state index in [2.05, 4.69) is 0 Å². The maximum absolute atomic E-state index is 13.6. The van der Waals surface area contributed by atoms with Gasteiger partial charge < -0.3 is 4.18 Å². The van der Waals surface area contributed by atoms with E-state index in [1.54, 1.807) is 30.3 Å². The van der Waals surface area contributed by atoms with Crippen molar-refractivity contribution in [2.24, 2.45) is 5.92 Å². The molecule has 0 bridgehead atoms. The lowest BCUT2D eigenvalue weighted by atomic mass is 9.87. The average molecular weight is 584 g/mol. The van der Waals surface area contributed by atoms with E-state index in [0.717, 1.165) is 23.8 Å². The highest BCUT2D eigenvalue weighted by atomic mass is 32.2. The molecule has 212 valence electrons. The number of benzene rings is 3. The van der Waals surface area contributed by atoms with Gasteiger partial charge in [0.05, 0.1) is 10.5 Å². The molecule has 3 aromatic rings. The molecule has 6 nitrogen and oxygen atoms in total. The number of nitrogens with zero attached hydrogens (tertiary/aromatic N) is 1. The minimum atomic E-state index is -4.72. The Balaban J connectivity index is 1.88. The molecule has 3 aromatic carbocycles. The SMILES string of the molecule is CC(C)CN(Cc1cccc(OS(=O)(=O)c2cccc(C(F)(F)F)c2)c1)S(=O)(=O)c1ccc(C(C)(C)C)cc1. The smallest absolute Gasteiger partial charge is 0.379 e. The van der Waals surface area contributed by atoms with E-state index >= 15 is 0 Å². The number of alkyl halides is 3. The Hall–Kier alpha value is -2.89. The second-order valence-corrected chi connectivity index (χ2v) is 14.2. The molecule has 0 aliphatic carbocycles. The summed E-state index contributed by atoms with van der Waals surface area (Å²) in [4.78, 5) is -0.513. The maximum Gasteiger partial charge on any atom is 0.416 e. The molecule has 0 aromatic heterocycles. The molecule has 0 fully saturated rings. The van der Waals surface area contributed by atoms with Gasteiger partial charge in [0, 0.05) is 13.1 Å².